The molecular weight excluding hydrogens is 498 g/mol. The third-order valence-electron chi connectivity index (χ3n) is 6.53. The normalized spacial score (nSPS) is 15.1. The molecule has 2 heterocycles. The van der Waals surface area contributed by atoms with Crippen LogP contribution in [-0.4, -0.2) is 53.8 Å². The molecular formula is C29H29N5O3S. The van der Waals surface area contributed by atoms with E-state index >= 15 is 0 Å². The molecule has 0 saturated carbocycles. The molecule has 194 valence electrons. The summed E-state index contributed by atoms with van der Waals surface area (Å²) in [6.45, 7) is 3.72. The molecule has 0 radical (unpaired) electrons. The lowest BCUT2D eigenvalue weighted by Gasteiger charge is -2.26. The van der Waals surface area contributed by atoms with Gasteiger partial charge in [0.25, 0.3) is 5.91 Å². The lowest BCUT2D eigenvalue weighted by Crippen LogP contribution is -2.39. The predicted octanol–water partition coefficient (Wildman–Crippen LogP) is 4.68. The summed E-state index contributed by atoms with van der Waals surface area (Å²) in [7, 11) is -2.90. The van der Waals surface area contributed by atoms with Crippen molar-refractivity contribution in [1.29, 1.82) is 0 Å². The Morgan fingerprint density at radius 3 is 2.42 bits per heavy atom. The van der Waals surface area contributed by atoms with Crippen molar-refractivity contribution in [3.8, 4) is 11.3 Å². The molecule has 0 atom stereocenters. The third-order valence-corrected chi connectivity index (χ3v) is 8.14. The number of aryl methyl sites for hydroxylation is 1. The summed E-state index contributed by atoms with van der Waals surface area (Å²) in [5.74, 6) is 0.661. The number of anilines is 3. The number of carbonyl (C=O) groups is 1. The van der Waals surface area contributed by atoms with E-state index in [4.69, 9.17) is 0 Å². The molecule has 1 aromatic heterocycles. The summed E-state index contributed by atoms with van der Waals surface area (Å²) in [4.78, 5) is 24.0. The fraction of sp³-hybridized carbons (Fsp3) is 0.207. The molecule has 1 aliphatic heterocycles. The molecule has 9 heteroatoms. The van der Waals surface area contributed by atoms with Gasteiger partial charge in [-0.05, 0) is 48.4 Å². The number of amides is 1. The Balaban J connectivity index is 1.23. The predicted molar refractivity (Wildman–Crippen MR) is 150 cm³/mol. The zero-order valence-electron chi connectivity index (χ0n) is 21.1. The van der Waals surface area contributed by atoms with Crippen LogP contribution in [0.15, 0.2) is 85.1 Å². The van der Waals surface area contributed by atoms with Crippen molar-refractivity contribution in [2.24, 2.45) is 0 Å². The Morgan fingerprint density at radius 2 is 1.68 bits per heavy atom. The summed E-state index contributed by atoms with van der Waals surface area (Å²) in [6.07, 6.45) is 1.72. The van der Waals surface area contributed by atoms with Crippen LogP contribution in [0.5, 0.6) is 0 Å². The topological polar surface area (TPSA) is 104 Å². The summed E-state index contributed by atoms with van der Waals surface area (Å²) in [5.41, 5.74) is 5.85. The van der Waals surface area contributed by atoms with E-state index in [1.165, 1.54) is 0 Å². The monoisotopic (exact) mass is 527 g/mol. The minimum atomic E-state index is -2.90. The van der Waals surface area contributed by atoms with Crippen LogP contribution in [0.2, 0.25) is 0 Å². The fourth-order valence-corrected chi connectivity index (χ4v) is 5.55. The second-order valence-corrected chi connectivity index (χ2v) is 11.7. The highest BCUT2D eigenvalue weighted by atomic mass is 32.2. The van der Waals surface area contributed by atoms with Crippen molar-refractivity contribution >= 4 is 33.1 Å². The molecule has 2 N–H and O–H groups in total. The van der Waals surface area contributed by atoms with Crippen LogP contribution in [0.3, 0.4) is 0 Å². The number of nitrogens with one attached hydrogen (secondary N) is 2. The van der Waals surface area contributed by atoms with Gasteiger partial charge in [0.15, 0.2) is 9.84 Å². The second kappa shape index (κ2) is 11.1. The number of aromatic nitrogens is 2. The number of benzene rings is 3. The molecule has 0 spiro atoms. The molecule has 3 aromatic carbocycles. The van der Waals surface area contributed by atoms with Crippen LogP contribution in [0.4, 0.5) is 17.3 Å². The minimum Gasteiger partial charge on any atom is -0.324 e. The van der Waals surface area contributed by atoms with Crippen LogP contribution in [-0.2, 0) is 16.4 Å². The molecule has 4 aromatic rings. The first kappa shape index (κ1) is 25.6. The van der Waals surface area contributed by atoms with Crippen molar-refractivity contribution in [3.63, 3.8) is 0 Å². The maximum atomic E-state index is 12.9. The first-order valence-electron chi connectivity index (χ1n) is 12.4. The van der Waals surface area contributed by atoms with Gasteiger partial charge >= 0.3 is 0 Å². The van der Waals surface area contributed by atoms with E-state index in [9.17, 15) is 13.2 Å². The highest BCUT2D eigenvalue weighted by Crippen LogP contribution is 2.25. The zero-order chi connectivity index (χ0) is 26.5. The molecule has 0 aliphatic carbocycles. The van der Waals surface area contributed by atoms with Gasteiger partial charge in [0.05, 0.1) is 17.2 Å². The van der Waals surface area contributed by atoms with Crippen molar-refractivity contribution in [3.05, 3.63) is 102 Å². The largest absolute Gasteiger partial charge is 0.324 e. The molecule has 1 amide bonds. The van der Waals surface area contributed by atoms with E-state index in [2.05, 4.69) is 25.5 Å². The maximum absolute atomic E-state index is 12.9. The van der Waals surface area contributed by atoms with E-state index in [0.29, 0.717) is 36.8 Å². The smallest absolute Gasteiger partial charge is 0.255 e. The Hall–Kier alpha value is -4.08. The number of sulfone groups is 1. The quantitative estimate of drug-likeness (QED) is 0.360. The van der Waals surface area contributed by atoms with Gasteiger partial charge in [0.2, 0.25) is 5.95 Å². The highest BCUT2D eigenvalue weighted by Gasteiger charge is 2.21. The van der Waals surface area contributed by atoms with Crippen molar-refractivity contribution in [1.82, 2.24) is 14.9 Å². The molecule has 1 saturated heterocycles. The average molecular weight is 528 g/mol. The highest BCUT2D eigenvalue weighted by molar-refractivity contribution is 7.91. The van der Waals surface area contributed by atoms with Gasteiger partial charge in [0, 0.05) is 48.3 Å². The summed E-state index contributed by atoms with van der Waals surface area (Å²) >= 11 is 0. The van der Waals surface area contributed by atoms with Crippen LogP contribution in [0.25, 0.3) is 11.3 Å². The first-order chi connectivity index (χ1) is 18.3. The van der Waals surface area contributed by atoms with Gasteiger partial charge in [-0.15, -0.1) is 0 Å². The van der Waals surface area contributed by atoms with Gasteiger partial charge in [-0.1, -0.05) is 48.5 Å². The SMILES string of the molecule is Cc1ccc(NC(=O)c2ccc(CN3CCS(=O)(=O)CC3)cc2)cc1Nc1nccc(-c2ccccc2)n1. The number of nitrogens with zero attached hydrogens (tertiary/aromatic N) is 3. The van der Waals surface area contributed by atoms with E-state index in [1.54, 1.807) is 18.3 Å². The summed E-state index contributed by atoms with van der Waals surface area (Å²) in [5, 5.41) is 6.23. The molecule has 0 bridgehead atoms. The number of rotatable bonds is 7. The molecule has 0 unspecified atom stereocenters. The van der Waals surface area contributed by atoms with Gasteiger partial charge in [-0.2, -0.15) is 0 Å². The number of hydrogen-bond donors (Lipinski definition) is 2. The van der Waals surface area contributed by atoms with Crippen LogP contribution < -0.4 is 10.6 Å². The lowest BCUT2D eigenvalue weighted by atomic mass is 10.1. The van der Waals surface area contributed by atoms with Crippen molar-refractivity contribution in [2.75, 3.05) is 35.2 Å². The van der Waals surface area contributed by atoms with E-state index in [0.717, 1.165) is 28.1 Å². The number of hydrogen-bond acceptors (Lipinski definition) is 7. The van der Waals surface area contributed by atoms with Crippen molar-refractivity contribution in [2.45, 2.75) is 13.5 Å². The van der Waals surface area contributed by atoms with Crippen LogP contribution in [0, 0.1) is 6.92 Å². The molecule has 1 aliphatic rings. The average Bonchev–Trinajstić information content (AvgIpc) is 2.93. The molecule has 8 nitrogen and oxygen atoms in total. The Labute approximate surface area is 222 Å². The second-order valence-electron chi connectivity index (χ2n) is 9.37. The Bertz CT molecular complexity index is 1530. The maximum Gasteiger partial charge on any atom is 0.255 e. The van der Waals surface area contributed by atoms with E-state index < -0.39 is 9.84 Å². The lowest BCUT2D eigenvalue weighted by molar-refractivity contribution is 0.102. The standard InChI is InChI=1S/C29H29N5O3S/c1-21-7-12-25(19-27(21)33-29-30-14-13-26(32-29)23-5-3-2-4-6-23)31-28(35)24-10-8-22(9-11-24)20-34-15-17-38(36,37)18-16-34/h2-14,19H,15-18,20H2,1H3,(H,31,35)(H,30,32,33). The van der Waals surface area contributed by atoms with Crippen LogP contribution >= 0.6 is 0 Å². The minimum absolute atomic E-state index is 0.200. The molecule has 38 heavy (non-hydrogen) atoms. The fourth-order valence-electron chi connectivity index (χ4n) is 4.27. The zero-order valence-corrected chi connectivity index (χ0v) is 21.9. The third kappa shape index (κ3) is 6.42. The van der Waals surface area contributed by atoms with Crippen molar-refractivity contribution < 1.29 is 13.2 Å². The Kier molecular flexibility index (Phi) is 7.48. The Morgan fingerprint density at radius 1 is 0.947 bits per heavy atom. The number of carbonyl (C=O) groups excluding carboxylic acids is 1. The first-order valence-corrected chi connectivity index (χ1v) is 14.3. The van der Waals surface area contributed by atoms with E-state index in [-0.39, 0.29) is 17.4 Å². The van der Waals surface area contributed by atoms with Gasteiger partial charge in [-0.3, -0.25) is 9.69 Å². The summed E-state index contributed by atoms with van der Waals surface area (Å²) in [6, 6.07) is 24.8. The van der Waals surface area contributed by atoms with E-state index in [1.807, 2.05) is 73.7 Å². The molecule has 1 fully saturated rings. The van der Waals surface area contributed by atoms with Gasteiger partial charge in [-0.25, -0.2) is 18.4 Å². The summed E-state index contributed by atoms with van der Waals surface area (Å²) < 4.78 is 23.3. The van der Waals surface area contributed by atoms with Crippen LogP contribution in [0.1, 0.15) is 21.5 Å². The van der Waals surface area contributed by atoms with Gasteiger partial charge in [0.1, 0.15) is 0 Å². The molecule has 5 rings (SSSR count). The van der Waals surface area contributed by atoms with Gasteiger partial charge < -0.3 is 10.6 Å².